The summed E-state index contributed by atoms with van der Waals surface area (Å²) in [6.07, 6.45) is 8.72. The SMILES string of the molecule is O=C1NCc2c(-c3ccc4cnccn34)ccc(Nc3ccc(N4CCC(O)CC4)cn3)c21. The molecule has 4 aromatic rings. The highest BCUT2D eigenvalue weighted by Gasteiger charge is 2.27. The van der Waals surface area contributed by atoms with E-state index >= 15 is 0 Å². The number of hydrogen-bond donors (Lipinski definition) is 3. The molecule has 1 fully saturated rings. The predicted molar refractivity (Wildman–Crippen MR) is 127 cm³/mol. The summed E-state index contributed by atoms with van der Waals surface area (Å²) in [6, 6.07) is 12.0. The van der Waals surface area contributed by atoms with E-state index in [1.807, 2.05) is 42.9 Å². The van der Waals surface area contributed by atoms with E-state index in [0.29, 0.717) is 17.9 Å². The van der Waals surface area contributed by atoms with Crippen molar-refractivity contribution in [2.45, 2.75) is 25.5 Å². The Hall–Kier alpha value is -3.91. The highest BCUT2D eigenvalue weighted by atomic mass is 16.3. The van der Waals surface area contributed by atoms with E-state index < -0.39 is 0 Å². The van der Waals surface area contributed by atoms with Crippen molar-refractivity contribution in [1.82, 2.24) is 19.7 Å². The number of aliphatic hydroxyl groups is 1. The molecule has 33 heavy (non-hydrogen) atoms. The molecule has 8 nitrogen and oxygen atoms in total. The topological polar surface area (TPSA) is 94.8 Å². The van der Waals surface area contributed by atoms with Crippen LogP contribution < -0.4 is 15.5 Å². The normalized spacial score (nSPS) is 16.2. The first kappa shape index (κ1) is 19.8. The molecule has 5 heterocycles. The van der Waals surface area contributed by atoms with Crippen LogP contribution in [0.25, 0.3) is 16.8 Å². The summed E-state index contributed by atoms with van der Waals surface area (Å²) in [4.78, 5) is 23.7. The second-order valence-electron chi connectivity index (χ2n) is 8.53. The minimum Gasteiger partial charge on any atom is -0.393 e. The summed E-state index contributed by atoms with van der Waals surface area (Å²) in [6.45, 7) is 2.15. The van der Waals surface area contributed by atoms with E-state index in [4.69, 9.17) is 0 Å². The van der Waals surface area contributed by atoms with Crippen molar-refractivity contribution < 1.29 is 9.90 Å². The van der Waals surface area contributed by atoms with Crippen LogP contribution in [0.3, 0.4) is 0 Å². The van der Waals surface area contributed by atoms with Gasteiger partial charge in [0.2, 0.25) is 0 Å². The lowest BCUT2D eigenvalue weighted by molar-refractivity contribution is 0.0966. The zero-order valence-corrected chi connectivity index (χ0v) is 18.0. The van der Waals surface area contributed by atoms with E-state index in [0.717, 1.165) is 59.6 Å². The smallest absolute Gasteiger partial charge is 0.254 e. The van der Waals surface area contributed by atoms with Crippen molar-refractivity contribution in [3.63, 3.8) is 0 Å². The fraction of sp³-hybridized carbons (Fsp3) is 0.240. The van der Waals surface area contributed by atoms with Crippen LogP contribution in [-0.2, 0) is 6.54 Å². The van der Waals surface area contributed by atoms with E-state index in [-0.39, 0.29) is 12.0 Å². The number of anilines is 3. The number of hydrogen-bond acceptors (Lipinski definition) is 6. The lowest BCUT2D eigenvalue weighted by atomic mass is 9.99. The van der Waals surface area contributed by atoms with Crippen molar-refractivity contribution >= 4 is 28.6 Å². The Bertz CT molecular complexity index is 1340. The molecule has 0 spiro atoms. The molecule has 0 radical (unpaired) electrons. The third-order valence-electron chi connectivity index (χ3n) is 6.54. The average molecular weight is 441 g/mol. The summed E-state index contributed by atoms with van der Waals surface area (Å²) < 4.78 is 2.08. The Kier molecular flexibility index (Phi) is 4.73. The second kappa shape index (κ2) is 7.90. The predicted octanol–water partition coefficient (Wildman–Crippen LogP) is 3.34. The number of carbonyl (C=O) groups is 1. The monoisotopic (exact) mass is 440 g/mol. The molecular weight excluding hydrogens is 416 g/mol. The van der Waals surface area contributed by atoms with Gasteiger partial charge in [-0.15, -0.1) is 0 Å². The summed E-state index contributed by atoms with van der Waals surface area (Å²) >= 11 is 0. The number of rotatable bonds is 4. The summed E-state index contributed by atoms with van der Waals surface area (Å²) in [5.41, 5.74) is 6.48. The van der Waals surface area contributed by atoms with Crippen molar-refractivity contribution in [2.75, 3.05) is 23.3 Å². The summed E-state index contributed by atoms with van der Waals surface area (Å²) in [7, 11) is 0. The minimum atomic E-state index is -0.201. The number of nitrogens with one attached hydrogen (secondary N) is 2. The zero-order valence-electron chi connectivity index (χ0n) is 18.0. The van der Waals surface area contributed by atoms with Gasteiger partial charge >= 0.3 is 0 Å². The summed E-state index contributed by atoms with van der Waals surface area (Å²) in [5, 5.41) is 16.0. The lowest BCUT2D eigenvalue weighted by Gasteiger charge is -2.31. The van der Waals surface area contributed by atoms with Gasteiger partial charge in [0, 0.05) is 37.6 Å². The number of aromatic nitrogens is 3. The Morgan fingerprint density at radius 3 is 2.76 bits per heavy atom. The van der Waals surface area contributed by atoms with Gasteiger partial charge in [0.25, 0.3) is 5.91 Å². The molecule has 3 aromatic heterocycles. The number of carbonyl (C=O) groups excluding carboxylic acids is 1. The molecule has 2 aliphatic heterocycles. The first-order chi connectivity index (χ1) is 16.2. The molecule has 0 unspecified atom stereocenters. The summed E-state index contributed by atoms with van der Waals surface area (Å²) in [5.74, 6) is 0.602. The molecule has 0 atom stereocenters. The van der Waals surface area contributed by atoms with Crippen molar-refractivity contribution in [3.05, 3.63) is 72.3 Å². The number of pyridine rings is 1. The highest BCUT2D eigenvalue weighted by molar-refractivity contribution is 6.06. The lowest BCUT2D eigenvalue weighted by Crippen LogP contribution is -2.35. The van der Waals surface area contributed by atoms with E-state index in [2.05, 4.69) is 42.0 Å². The molecule has 0 aliphatic carbocycles. The van der Waals surface area contributed by atoms with Gasteiger partial charge in [-0.1, -0.05) is 6.07 Å². The molecule has 1 aromatic carbocycles. The van der Waals surface area contributed by atoms with E-state index in [1.54, 1.807) is 6.20 Å². The maximum absolute atomic E-state index is 12.7. The molecule has 6 rings (SSSR count). The molecule has 1 amide bonds. The van der Waals surface area contributed by atoms with Gasteiger partial charge in [-0.3, -0.25) is 9.78 Å². The molecule has 1 saturated heterocycles. The third-order valence-corrected chi connectivity index (χ3v) is 6.54. The van der Waals surface area contributed by atoms with Gasteiger partial charge in [0.05, 0.1) is 46.6 Å². The maximum atomic E-state index is 12.7. The molecule has 8 heteroatoms. The molecule has 166 valence electrons. The quantitative estimate of drug-likeness (QED) is 0.451. The largest absolute Gasteiger partial charge is 0.393 e. The van der Waals surface area contributed by atoms with Crippen LogP contribution in [0.4, 0.5) is 17.2 Å². The minimum absolute atomic E-state index is 0.0830. The third kappa shape index (κ3) is 3.48. The van der Waals surface area contributed by atoms with E-state index in [1.165, 1.54) is 0 Å². The first-order valence-corrected chi connectivity index (χ1v) is 11.2. The Morgan fingerprint density at radius 2 is 1.94 bits per heavy atom. The second-order valence-corrected chi connectivity index (χ2v) is 8.53. The highest BCUT2D eigenvalue weighted by Crippen LogP contribution is 2.35. The fourth-order valence-electron chi connectivity index (χ4n) is 4.78. The standard InChI is InChI=1S/C25H24N6O2/c32-18-7-10-30(11-8-18)16-2-6-23(27-14-16)29-21-4-3-19(20-15-28-25(33)24(20)21)22-5-1-17-13-26-9-12-31(17)22/h1-6,9,12-14,18,32H,7-8,10-11,15H2,(H,27,29)(H,28,33). The maximum Gasteiger partial charge on any atom is 0.254 e. The molecule has 3 N–H and O–H groups in total. The van der Waals surface area contributed by atoms with Crippen LogP contribution in [-0.4, -0.2) is 44.6 Å². The number of benzene rings is 1. The van der Waals surface area contributed by atoms with Gasteiger partial charge in [0.15, 0.2) is 0 Å². The average Bonchev–Trinajstić information content (AvgIpc) is 3.45. The number of fused-ring (bicyclic) bond motifs is 2. The van der Waals surface area contributed by atoms with Crippen molar-refractivity contribution in [3.8, 4) is 11.3 Å². The van der Waals surface area contributed by atoms with Crippen LogP contribution in [0.5, 0.6) is 0 Å². The van der Waals surface area contributed by atoms with Crippen LogP contribution >= 0.6 is 0 Å². The van der Waals surface area contributed by atoms with E-state index in [9.17, 15) is 9.90 Å². The number of piperidine rings is 1. The van der Waals surface area contributed by atoms with Gasteiger partial charge in [-0.05, 0) is 48.7 Å². The van der Waals surface area contributed by atoms with Gasteiger partial charge in [0.1, 0.15) is 5.82 Å². The van der Waals surface area contributed by atoms with Crippen LogP contribution in [0.1, 0.15) is 28.8 Å². The van der Waals surface area contributed by atoms with Crippen LogP contribution in [0, 0.1) is 0 Å². The number of nitrogens with zero attached hydrogens (tertiary/aromatic N) is 4. The van der Waals surface area contributed by atoms with Crippen molar-refractivity contribution in [2.24, 2.45) is 0 Å². The molecular formula is C25H24N6O2. The Morgan fingerprint density at radius 1 is 1.06 bits per heavy atom. The van der Waals surface area contributed by atoms with Crippen LogP contribution in [0.2, 0.25) is 0 Å². The van der Waals surface area contributed by atoms with Crippen LogP contribution in [0.15, 0.2) is 61.2 Å². The molecule has 2 aliphatic rings. The number of aliphatic hydroxyl groups excluding tert-OH is 1. The fourth-order valence-corrected chi connectivity index (χ4v) is 4.78. The zero-order chi connectivity index (χ0) is 22.4. The van der Waals surface area contributed by atoms with Crippen molar-refractivity contribution in [1.29, 1.82) is 0 Å². The first-order valence-electron chi connectivity index (χ1n) is 11.2. The van der Waals surface area contributed by atoms with Gasteiger partial charge in [-0.2, -0.15) is 0 Å². The Balaban J connectivity index is 1.31. The molecule has 0 bridgehead atoms. The number of amides is 1. The van der Waals surface area contributed by atoms with Gasteiger partial charge < -0.3 is 25.0 Å². The Labute approximate surface area is 190 Å². The van der Waals surface area contributed by atoms with Gasteiger partial charge in [-0.25, -0.2) is 4.98 Å². The molecule has 0 saturated carbocycles.